The molecule has 0 bridgehead atoms. The fourth-order valence-electron chi connectivity index (χ4n) is 2.92. The van der Waals surface area contributed by atoms with Gasteiger partial charge in [0, 0.05) is 17.5 Å². The van der Waals surface area contributed by atoms with Crippen LogP contribution in [0.1, 0.15) is 30.5 Å². The van der Waals surface area contributed by atoms with E-state index >= 15 is 0 Å². The first-order valence-corrected chi connectivity index (χ1v) is 8.63. The average molecular weight is 319 g/mol. The standard InChI is InChI=1S/C17H19ClN2S/c1-2-19-16-13-7-4-3-6-12(13)9-10-15(16)21-17-14(18)8-5-11-20-17/h3-8,11,15-16,19H,2,9-10H2,1H3. The van der Waals surface area contributed by atoms with Gasteiger partial charge in [0.05, 0.1) is 5.02 Å². The van der Waals surface area contributed by atoms with Crippen LogP contribution in [0, 0.1) is 0 Å². The number of fused-ring (bicyclic) bond motifs is 1. The van der Waals surface area contributed by atoms with Gasteiger partial charge in [0.2, 0.25) is 0 Å². The minimum Gasteiger partial charge on any atom is -0.309 e. The van der Waals surface area contributed by atoms with Gasteiger partial charge in [0.1, 0.15) is 5.03 Å². The lowest BCUT2D eigenvalue weighted by Crippen LogP contribution is -2.34. The van der Waals surface area contributed by atoms with E-state index in [-0.39, 0.29) is 0 Å². The van der Waals surface area contributed by atoms with Crippen molar-refractivity contribution in [2.45, 2.75) is 36.1 Å². The molecule has 1 N–H and O–H groups in total. The van der Waals surface area contributed by atoms with Crippen LogP contribution in [0.5, 0.6) is 0 Å². The van der Waals surface area contributed by atoms with Crippen LogP contribution in [-0.2, 0) is 6.42 Å². The molecule has 3 rings (SSSR count). The number of nitrogens with one attached hydrogen (secondary N) is 1. The number of hydrogen-bond acceptors (Lipinski definition) is 3. The molecule has 2 aromatic rings. The minimum absolute atomic E-state index is 0.364. The Bertz CT molecular complexity index is 617. The second-order valence-corrected chi connectivity index (χ2v) is 6.85. The monoisotopic (exact) mass is 318 g/mol. The second-order valence-electron chi connectivity index (χ2n) is 5.22. The number of aromatic nitrogens is 1. The molecule has 1 aliphatic carbocycles. The van der Waals surface area contributed by atoms with Gasteiger partial charge in [-0.15, -0.1) is 0 Å². The Morgan fingerprint density at radius 2 is 2.14 bits per heavy atom. The normalized spacial score (nSPS) is 21.0. The van der Waals surface area contributed by atoms with Crippen molar-refractivity contribution >= 4 is 23.4 Å². The van der Waals surface area contributed by atoms with Crippen molar-refractivity contribution in [2.24, 2.45) is 0 Å². The molecule has 2 nitrogen and oxygen atoms in total. The maximum absolute atomic E-state index is 6.26. The first-order valence-electron chi connectivity index (χ1n) is 7.38. The summed E-state index contributed by atoms with van der Waals surface area (Å²) in [5.74, 6) is 0. The van der Waals surface area contributed by atoms with E-state index in [0.717, 1.165) is 29.4 Å². The van der Waals surface area contributed by atoms with Crippen LogP contribution in [0.25, 0.3) is 0 Å². The van der Waals surface area contributed by atoms with Crippen LogP contribution in [0.4, 0.5) is 0 Å². The highest BCUT2D eigenvalue weighted by atomic mass is 35.5. The largest absolute Gasteiger partial charge is 0.309 e. The SMILES string of the molecule is CCNC1c2ccccc2CCC1Sc1ncccc1Cl. The number of nitrogens with zero attached hydrogens (tertiary/aromatic N) is 1. The number of aryl methyl sites for hydroxylation is 1. The topological polar surface area (TPSA) is 24.9 Å². The number of hydrogen-bond donors (Lipinski definition) is 1. The average Bonchev–Trinajstić information content (AvgIpc) is 2.52. The molecule has 0 aliphatic heterocycles. The molecular formula is C17H19ClN2S. The molecule has 0 saturated carbocycles. The van der Waals surface area contributed by atoms with Gasteiger partial charge >= 0.3 is 0 Å². The lowest BCUT2D eigenvalue weighted by Gasteiger charge is -2.33. The second kappa shape index (κ2) is 6.82. The fraction of sp³-hybridized carbons (Fsp3) is 0.353. The predicted molar refractivity (Wildman–Crippen MR) is 90.1 cm³/mol. The molecular weight excluding hydrogens is 300 g/mol. The molecule has 2 atom stereocenters. The Kier molecular flexibility index (Phi) is 4.84. The lowest BCUT2D eigenvalue weighted by molar-refractivity contribution is 0.484. The molecule has 1 aliphatic rings. The molecule has 1 heterocycles. The third-order valence-electron chi connectivity index (χ3n) is 3.87. The molecule has 21 heavy (non-hydrogen) atoms. The highest BCUT2D eigenvalue weighted by Gasteiger charge is 2.30. The Balaban J connectivity index is 1.87. The predicted octanol–water partition coefficient (Wildman–Crippen LogP) is 4.49. The molecule has 0 saturated heterocycles. The Morgan fingerprint density at radius 3 is 2.95 bits per heavy atom. The van der Waals surface area contributed by atoms with Crippen molar-refractivity contribution in [1.29, 1.82) is 0 Å². The number of benzene rings is 1. The van der Waals surface area contributed by atoms with Crippen LogP contribution in [0.2, 0.25) is 5.02 Å². The maximum Gasteiger partial charge on any atom is 0.115 e. The summed E-state index contributed by atoms with van der Waals surface area (Å²) in [6.45, 7) is 3.12. The molecule has 0 radical (unpaired) electrons. The Morgan fingerprint density at radius 1 is 1.29 bits per heavy atom. The molecule has 110 valence electrons. The van der Waals surface area contributed by atoms with Gasteiger partial charge in [0.15, 0.2) is 0 Å². The number of pyridine rings is 1. The Hall–Kier alpha value is -1.03. The third kappa shape index (κ3) is 3.25. The summed E-state index contributed by atoms with van der Waals surface area (Å²) in [5, 5.41) is 5.79. The van der Waals surface area contributed by atoms with Crippen molar-refractivity contribution in [3.63, 3.8) is 0 Å². The summed E-state index contributed by atoms with van der Waals surface area (Å²) in [6.07, 6.45) is 4.08. The molecule has 0 fully saturated rings. The summed E-state index contributed by atoms with van der Waals surface area (Å²) in [4.78, 5) is 4.43. The molecule has 2 unspecified atom stereocenters. The van der Waals surface area contributed by atoms with Gasteiger partial charge in [-0.3, -0.25) is 0 Å². The van der Waals surface area contributed by atoms with Crippen LogP contribution in [0.15, 0.2) is 47.6 Å². The van der Waals surface area contributed by atoms with Crippen LogP contribution in [-0.4, -0.2) is 16.8 Å². The van der Waals surface area contributed by atoms with E-state index < -0.39 is 0 Å². The summed E-state index contributed by atoms with van der Waals surface area (Å²) in [7, 11) is 0. The van der Waals surface area contributed by atoms with Gasteiger partial charge in [-0.25, -0.2) is 4.98 Å². The maximum atomic E-state index is 6.26. The first kappa shape index (κ1) is 14.9. The summed E-state index contributed by atoms with van der Waals surface area (Å²) >= 11 is 8.06. The van der Waals surface area contributed by atoms with Crippen molar-refractivity contribution in [3.8, 4) is 0 Å². The van der Waals surface area contributed by atoms with Gasteiger partial charge in [0.25, 0.3) is 0 Å². The highest BCUT2D eigenvalue weighted by molar-refractivity contribution is 8.00. The quantitative estimate of drug-likeness (QED) is 0.899. The van der Waals surface area contributed by atoms with E-state index in [1.165, 1.54) is 11.1 Å². The van der Waals surface area contributed by atoms with E-state index in [1.54, 1.807) is 11.8 Å². The zero-order chi connectivity index (χ0) is 14.7. The van der Waals surface area contributed by atoms with E-state index in [0.29, 0.717) is 11.3 Å². The molecule has 0 amide bonds. The van der Waals surface area contributed by atoms with Crippen molar-refractivity contribution in [1.82, 2.24) is 10.3 Å². The van der Waals surface area contributed by atoms with E-state index in [9.17, 15) is 0 Å². The third-order valence-corrected chi connectivity index (χ3v) is 5.65. The van der Waals surface area contributed by atoms with Crippen LogP contribution in [0.3, 0.4) is 0 Å². The molecule has 4 heteroatoms. The van der Waals surface area contributed by atoms with Gasteiger partial charge in [-0.05, 0) is 42.6 Å². The van der Waals surface area contributed by atoms with E-state index in [4.69, 9.17) is 11.6 Å². The molecule has 0 spiro atoms. The fourth-order valence-corrected chi connectivity index (χ4v) is 4.38. The van der Waals surface area contributed by atoms with Crippen molar-refractivity contribution in [3.05, 3.63) is 58.7 Å². The highest BCUT2D eigenvalue weighted by Crippen LogP contribution is 2.41. The lowest BCUT2D eigenvalue weighted by atomic mass is 9.87. The zero-order valence-electron chi connectivity index (χ0n) is 12.1. The van der Waals surface area contributed by atoms with E-state index in [1.807, 2.05) is 18.3 Å². The zero-order valence-corrected chi connectivity index (χ0v) is 13.6. The minimum atomic E-state index is 0.364. The van der Waals surface area contributed by atoms with Crippen LogP contribution >= 0.6 is 23.4 Å². The van der Waals surface area contributed by atoms with Crippen LogP contribution < -0.4 is 5.32 Å². The number of rotatable bonds is 4. The molecule has 1 aromatic carbocycles. The van der Waals surface area contributed by atoms with Crippen molar-refractivity contribution in [2.75, 3.05) is 6.54 Å². The number of thioether (sulfide) groups is 1. The smallest absolute Gasteiger partial charge is 0.115 e. The van der Waals surface area contributed by atoms with Crippen molar-refractivity contribution < 1.29 is 0 Å². The summed E-state index contributed by atoms with van der Waals surface area (Å²) < 4.78 is 0. The van der Waals surface area contributed by atoms with Gasteiger partial charge < -0.3 is 5.32 Å². The summed E-state index contributed by atoms with van der Waals surface area (Å²) in [6, 6.07) is 12.9. The summed E-state index contributed by atoms with van der Waals surface area (Å²) in [5.41, 5.74) is 2.89. The number of halogens is 1. The Labute approximate surface area is 135 Å². The molecule has 1 aromatic heterocycles. The van der Waals surface area contributed by atoms with Gasteiger partial charge in [-0.2, -0.15) is 0 Å². The van der Waals surface area contributed by atoms with E-state index in [2.05, 4.69) is 41.5 Å². The van der Waals surface area contributed by atoms with Gasteiger partial charge in [-0.1, -0.05) is 54.6 Å². The first-order chi connectivity index (χ1) is 10.3.